The molecule has 84 valence electrons. The number of carbonyl (C=O) groups excluding carboxylic acids is 1. The van der Waals surface area contributed by atoms with Crippen molar-refractivity contribution in [1.82, 2.24) is 5.43 Å². The van der Waals surface area contributed by atoms with Gasteiger partial charge in [-0.3, -0.25) is 0 Å². The summed E-state index contributed by atoms with van der Waals surface area (Å²) in [5, 5.41) is 3.61. The molecular weight excluding hydrogens is 190 g/mol. The van der Waals surface area contributed by atoms with E-state index >= 15 is 0 Å². The summed E-state index contributed by atoms with van der Waals surface area (Å²) in [7, 11) is 0. The average Bonchev–Trinajstić information content (AvgIpc) is 2.11. The third kappa shape index (κ3) is 10.3. The van der Waals surface area contributed by atoms with Crippen molar-refractivity contribution in [3.63, 3.8) is 0 Å². The first-order chi connectivity index (χ1) is 7.02. The zero-order valence-electron chi connectivity index (χ0n) is 9.58. The minimum absolute atomic E-state index is 0.651. The van der Waals surface area contributed by atoms with Crippen molar-refractivity contribution >= 4 is 12.2 Å². The molecule has 0 fully saturated rings. The van der Waals surface area contributed by atoms with Gasteiger partial charge >= 0.3 is 6.03 Å². The second-order valence-corrected chi connectivity index (χ2v) is 3.59. The van der Waals surface area contributed by atoms with Crippen molar-refractivity contribution in [3.8, 4) is 0 Å². The van der Waals surface area contributed by atoms with Crippen LogP contribution >= 0.6 is 0 Å². The fourth-order valence-electron chi connectivity index (χ4n) is 0.937. The number of hydrogen-bond donors (Lipinski definition) is 2. The lowest BCUT2D eigenvalue weighted by Gasteiger charge is -1.96. The Kier molecular flexibility index (Phi) is 6.97. The van der Waals surface area contributed by atoms with E-state index in [-0.39, 0.29) is 0 Å². The Balaban J connectivity index is 3.84. The van der Waals surface area contributed by atoms with E-state index in [9.17, 15) is 4.79 Å². The monoisotopic (exact) mass is 209 g/mol. The van der Waals surface area contributed by atoms with Gasteiger partial charge in [0, 0.05) is 6.21 Å². The summed E-state index contributed by atoms with van der Waals surface area (Å²) in [4.78, 5) is 10.3. The number of nitrogens with two attached hydrogens (primary N) is 1. The maximum absolute atomic E-state index is 10.3. The van der Waals surface area contributed by atoms with E-state index in [1.54, 1.807) is 0 Å². The number of nitrogens with one attached hydrogen (secondary N) is 1. The first-order valence-corrected chi connectivity index (χ1v) is 4.90. The minimum atomic E-state index is -0.651. The first kappa shape index (κ1) is 13.4. The number of allylic oxidation sites excluding steroid dienone is 4. The summed E-state index contributed by atoms with van der Waals surface area (Å²) in [5.74, 6) is 0. The number of primary amides is 1. The van der Waals surface area contributed by atoms with Gasteiger partial charge in [-0.25, -0.2) is 10.2 Å². The molecule has 0 aromatic heterocycles. The second-order valence-electron chi connectivity index (χ2n) is 3.59. The van der Waals surface area contributed by atoms with E-state index in [2.05, 4.69) is 30.5 Å². The van der Waals surface area contributed by atoms with Crippen molar-refractivity contribution in [2.45, 2.75) is 33.6 Å². The molecule has 0 aromatic rings. The minimum Gasteiger partial charge on any atom is -0.350 e. The SMILES string of the molecule is CC(C)=CCC/C(C)=C/C=N/NC(N)=O. The van der Waals surface area contributed by atoms with Crippen LogP contribution in [0.1, 0.15) is 33.6 Å². The van der Waals surface area contributed by atoms with Crippen LogP contribution < -0.4 is 11.2 Å². The van der Waals surface area contributed by atoms with Gasteiger partial charge in [-0.05, 0) is 39.7 Å². The lowest BCUT2D eigenvalue weighted by atomic mass is 10.1. The third-order valence-electron chi connectivity index (χ3n) is 1.70. The Morgan fingerprint density at radius 1 is 1.40 bits per heavy atom. The summed E-state index contributed by atoms with van der Waals surface area (Å²) in [6, 6.07) is -0.651. The van der Waals surface area contributed by atoms with Gasteiger partial charge in [0.2, 0.25) is 0 Å². The zero-order valence-corrected chi connectivity index (χ0v) is 9.58. The molecule has 15 heavy (non-hydrogen) atoms. The number of carbonyl (C=O) groups is 1. The van der Waals surface area contributed by atoms with Crippen molar-refractivity contribution < 1.29 is 4.79 Å². The molecule has 0 aliphatic heterocycles. The number of nitrogens with zero attached hydrogens (tertiary/aromatic N) is 1. The molecule has 0 atom stereocenters. The molecule has 0 rings (SSSR count). The Labute approximate surface area is 90.9 Å². The van der Waals surface area contributed by atoms with E-state index < -0.39 is 6.03 Å². The van der Waals surface area contributed by atoms with Crippen LogP contribution in [-0.2, 0) is 0 Å². The van der Waals surface area contributed by atoms with Gasteiger partial charge in [-0.2, -0.15) is 5.10 Å². The van der Waals surface area contributed by atoms with E-state index in [1.807, 2.05) is 13.0 Å². The second kappa shape index (κ2) is 7.79. The number of hydrazone groups is 1. The van der Waals surface area contributed by atoms with Crippen LogP contribution in [0.5, 0.6) is 0 Å². The predicted molar refractivity (Wildman–Crippen MR) is 63.6 cm³/mol. The van der Waals surface area contributed by atoms with E-state index in [1.165, 1.54) is 17.4 Å². The molecule has 0 aliphatic carbocycles. The molecule has 4 heteroatoms. The van der Waals surface area contributed by atoms with Crippen LogP contribution in [0.15, 0.2) is 28.4 Å². The van der Waals surface area contributed by atoms with Gasteiger partial charge < -0.3 is 5.73 Å². The summed E-state index contributed by atoms with van der Waals surface area (Å²) < 4.78 is 0. The van der Waals surface area contributed by atoms with Crippen molar-refractivity contribution in [2.24, 2.45) is 10.8 Å². The Morgan fingerprint density at radius 3 is 2.60 bits per heavy atom. The van der Waals surface area contributed by atoms with E-state index in [4.69, 9.17) is 5.73 Å². The molecule has 0 aliphatic rings. The van der Waals surface area contributed by atoms with Crippen LogP contribution in [-0.4, -0.2) is 12.2 Å². The number of hydrogen-bond acceptors (Lipinski definition) is 2. The Morgan fingerprint density at radius 2 is 2.07 bits per heavy atom. The van der Waals surface area contributed by atoms with Crippen molar-refractivity contribution in [2.75, 3.05) is 0 Å². The van der Waals surface area contributed by atoms with Gasteiger partial charge in [0.1, 0.15) is 0 Å². The smallest absolute Gasteiger partial charge is 0.332 e. The molecule has 0 unspecified atom stereocenters. The lowest BCUT2D eigenvalue weighted by Crippen LogP contribution is -2.24. The van der Waals surface area contributed by atoms with Crippen LogP contribution in [0.25, 0.3) is 0 Å². The molecular formula is C11H19N3O. The number of rotatable bonds is 5. The average molecular weight is 209 g/mol. The molecule has 2 amide bonds. The molecule has 4 nitrogen and oxygen atoms in total. The molecule has 3 N–H and O–H groups in total. The molecule has 0 spiro atoms. The lowest BCUT2D eigenvalue weighted by molar-refractivity contribution is 0.249. The first-order valence-electron chi connectivity index (χ1n) is 4.90. The Hall–Kier alpha value is -1.58. The molecule has 0 bridgehead atoms. The molecule has 0 aromatic carbocycles. The molecule has 0 radical (unpaired) electrons. The zero-order chi connectivity index (χ0) is 11.7. The van der Waals surface area contributed by atoms with Crippen molar-refractivity contribution in [1.29, 1.82) is 0 Å². The summed E-state index contributed by atoms with van der Waals surface area (Å²) >= 11 is 0. The molecule has 0 saturated carbocycles. The van der Waals surface area contributed by atoms with Crippen LogP contribution in [0, 0.1) is 0 Å². The standard InChI is InChI=1S/C11H19N3O/c1-9(2)5-4-6-10(3)7-8-13-14-11(12)15/h5,7-8H,4,6H2,1-3H3,(H3,12,14,15)/b10-7+,13-8+. The highest BCUT2D eigenvalue weighted by Gasteiger charge is 1.87. The fraction of sp³-hybridized carbons (Fsp3) is 0.455. The number of urea groups is 1. The van der Waals surface area contributed by atoms with Crippen LogP contribution in [0.2, 0.25) is 0 Å². The number of amides is 2. The molecule has 0 saturated heterocycles. The maximum Gasteiger partial charge on any atom is 0.332 e. The van der Waals surface area contributed by atoms with Gasteiger partial charge in [0.25, 0.3) is 0 Å². The van der Waals surface area contributed by atoms with E-state index in [0.29, 0.717) is 0 Å². The highest BCUT2D eigenvalue weighted by atomic mass is 16.2. The topological polar surface area (TPSA) is 67.5 Å². The third-order valence-corrected chi connectivity index (χ3v) is 1.70. The summed E-state index contributed by atoms with van der Waals surface area (Å²) in [5.41, 5.74) is 9.49. The summed E-state index contributed by atoms with van der Waals surface area (Å²) in [6.45, 7) is 6.18. The summed E-state index contributed by atoms with van der Waals surface area (Å²) in [6.07, 6.45) is 7.60. The van der Waals surface area contributed by atoms with Crippen LogP contribution in [0.4, 0.5) is 4.79 Å². The maximum atomic E-state index is 10.3. The van der Waals surface area contributed by atoms with Gasteiger partial charge in [-0.15, -0.1) is 0 Å². The predicted octanol–water partition coefficient (Wildman–Crippen LogP) is 2.33. The van der Waals surface area contributed by atoms with Crippen LogP contribution in [0.3, 0.4) is 0 Å². The normalized spacial score (nSPS) is 11.5. The van der Waals surface area contributed by atoms with E-state index in [0.717, 1.165) is 12.8 Å². The fourth-order valence-corrected chi connectivity index (χ4v) is 0.937. The van der Waals surface area contributed by atoms with Gasteiger partial charge in [-0.1, -0.05) is 17.2 Å². The Bertz CT molecular complexity index is 286. The highest BCUT2D eigenvalue weighted by molar-refractivity contribution is 5.76. The highest BCUT2D eigenvalue weighted by Crippen LogP contribution is 2.05. The van der Waals surface area contributed by atoms with Crippen molar-refractivity contribution in [3.05, 3.63) is 23.3 Å². The quantitative estimate of drug-likeness (QED) is 0.407. The largest absolute Gasteiger partial charge is 0.350 e. The van der Waals surface area contributed by atoms with Gasteiger partial charge in [0.15, 0.2) is 0 Å². The molecule has 0 heterocycles. The van der Waals surface area contributed by atoms with Gasteiger partial charge in [0.05, 0.1) is 0 Å².